The third kappa shape index (κ3) is 8.03. The zero-order chi connectivity index (χ0) is 32.7. The van der Waals surface area contributed by atoms with Crippen LogP contribution in [0.4, 0.5) is 5.69 Å². The van der Waals surface area contributed by atoms with Crippen LogP contribution in [0.2, 0.25) is 0 Å². The van der Waals surface area contributed by atoms with Gasteiger partial charge in [0.25, 0.3) is 5.91 Å². The molecule has 2 aromatic carbocycles. The number of nitrogens with zero attached hydrogens (tertiary/aromatic N) is 1. The average molecular weight is 636 g/mol. The number of hydrogen-bond acceptors (Lipinski definition) is 12. The van der Waals surface area contributed by atoms with E-state index < -0.39 is 53.5 Å². The molecule has 0 aliphatic carbocycles. The first-order chi connectivity index (χ1) is 21.5. The second-order valence-corrected chi connectivity index (χ2v) is 11.3. The third-order valence-corrected chi connectivity index (χ3v) is 8.11. The molecule has 2 N–H and O–H groups in total. The summed E-state index contributed by atoms with van der Waals surface area (Å²) < 4.78 is 27.6. The van der Waals surface area contributed by atoms with Gasteiger partial charge in [-0.3, -0.25) is 19.2 Å². The van der Waals surface area contributed by atoms with E-state index >= 15 is 0 Å². The zero-order valence-corrected chi connectivity index (χ0v) is 26.1. The number of esters is 3. The Kier molecular flexibility index (Phi) is 10.9. The Balaban J connectivity index is 1.76. The van der Waals surface area contributed by atoms with Crippen LogP contribution in [0, 0.1) is 11.3 Å². The number of rotatable bonds is 9. The van der Waals surface area contributed by atoms with Gasteiger partial charge in [0.15, 0.2) is 18.3 Å². The van der Waals surface area contributed by atoms with Crippen molar-refractivity contribution in [3.63, 3.8) is 0 Å². The Labute approximate surface area is 264 Å². The summed E-state index contributed by atoms with van der Waals surface area (Å²) in [6, 6.07) is 18.2. The van der Waals surface area contributed by atoms with E-state index in [2.05, 4.69) is 16.7 Å². The van der Waals surface area contributed by atoms with Gasteiger partial charge in [0, 0.05) is 37.7 Å². The molecular formula is C32H33N3O9S. The van der Waals surface area contributed by atoms with Crippen molar-refractivity contribution in [2.45, 2.75) is 57.4 Å². The topological polar surface area (TPSA) is 162 Å². The molecular weight excluding hydrogens is 602 g/mol. The zero-order valence-electron chi connectivity index (χ0n) is 25.3. The number of hydrogen-bond donors (Lipinski definition) is 2. The highest BCUT2D eigenvalue weighted by atomic mass is 32.2. The maximum atomic E-state index is 13.7. The van der Waals surface area contributed by atoms with E-state index in [1.54, 1.807) is 55.5 Å². The lowest BCUT2D eigenvalue weighted by Gasteiger charge is -2.41. The van der Waals surface area contributed by atoms with E-state index in [4.69, 9.17) is 23.7 Å². The Bertz CT molecular complexity index is 1550. The van der Waals surface area contributed by atoms with Gasteiger partial charge in [-0.05, 0) is 36.8 Å². The average Bonchev–Trinajstić information content (AvgIpc) is 2.99. The van der Waals surface area contributed by atoms with Crippen LogP contribution >= 0.6 is 11.8 Å². The van der Waals surface area contributed by atoms with Crippen LogP contribution in [-0.2, 0) is 38.1 Å². The summed E-state index contributed by atoms with van der Waals surface area (Å²) in [5.41, 5.74) is 1.22. The lowest BCUT2D eigenvalue weighted by atomic mass is 9.82. The lowest BCUT2D eigenvalue weighted by molar-refractivity contribution is -0.213. The van der Waals surface area contributed by atoms with Gasteiger partial charge in [0.05, 0.1) is 36.3 Å². The van der Waals surface area contributed by atoms with Crippen molar-refractivity contribution in [1.82, 2.24) is 5.32 Å². The van der Waals surface area contributed by atoms with E-state index in [-0.39, 0.29) is 12.2 Å². The second kappa shape index (κ2) is 14.8. The smallest absolute Gasteiger partial charge is 0.303 e. The van der Waals surface area contributed by atoms with Crippen molar-refractivity contribution in [2.75, 3.05) is 19.0 Å². The normalized spacial score (nSPS) is 22.8. The highest BCUT2D eigenvalue weighted by Crippen LogP contribution is 2.44. The van der Waals surface area contributed by atoms with Gasteiger partial charge in [-0.15, -0.1) is 0 Å². The largest absolute Gasteiger partial charge is 0.497 e. The number of para-hydroxylation sites is 1. The van der Waals surface area contributed by atoms with Gasteiger partial charge in [0.2, 0.25) is 0 Å². The van der Waals surface area contributed by atoms with Gasteiger partial charge >= 0.3 is 17.9 Å². The minimum absolute atomic E-state index is 0.177. The van der Waals surface area contributed by atoms with Crippen LogP contribution in [0.1, 0.15) is 39.2 Å². The fourth-order valence-electron chi connectivity index (χ4n) is 5.08. The monoisotopic (exact) mass is 635 g/mol. The Morgan fingerprint density at radius 3 is 2.13 bits per heavy atom. The van der Waals surface area contributed by atoms with Crippen molar-refractivity contribution >= 4 is 41.3 Å². The summed E-state index contributed by atoms with van der Waals surface area (Å²) >= 11 is 1.03. The van der Waals surface area contributed by atoms with Crippen LogP contribution < -0.4 is 15.4 Å². The molecule has 12 nitrogen and oxygen atoms in total. The van der Waals surface area contributed by atoms with Crippen molar-refractivity contribution < 1.29 is 42.9 Å². The van der Waals surface area contributed by atoms with E-state index in [1.807, 2.05) is 6.07 Å². The quantitative estimate of drug-likeness (QED) is 0.302. The summed E-state index contributed by atoms with van der Waals surface area (Å²) in [7, 11) is 1.54. The number of benzene rings is 2. The molecule has 0 saturated carbocycles. The van der Waals surface area contributed by atoms with Crippen molar-refractivity contribution in [1.29, 1.82) is 5.26 Å². The summed E-state index contributed by atoms with van der Waals surface area (Å²) in [5, 5.41) is 16.9. The molecule has 45 heavy (non-hydrogen) atoms. The Hall–Kier alpha value is -4.80. The molecule has 0 spiro atoms. The first kappa shape index (κ1) is 33.1. The number of carbonyl (C=O) groups is 4. The molecule has 2 aromatic rings. The fourth-order valence-corrected chi connectivity index (χ4v) is 6.31. The van der Waals surface area contributed by atoms with Crippen LogP contribution in [0.15, 0.2) is 76.5 Å². The molecule has 5 atom stereocenters. The molecule has 2 aliphatic rings. The van der Waals surface area contributed by atoms with E-state index in [0.717, 1.165) is 11.8 Å². The summed E-state index contributed by atoms with van der Waals surface area (Å²) in [4.78, 5) is 49.7. The number of amides is 1. The van der Waals surface area contributed by atoms with E-state index in [0.29, 0.717) is 33.3 Å². The predicted octanol–water partition coefficient (Wildman–Crippen LogP) is 3.91. The first-order valence-electron chi connectivity index (χ1n) is 13.9. The Morgan fingerprint density at radius 2 is 1.56 bits per heavy atom. The maximum absolute atomic E-state index is 13.7. The molecule has 236 valence electrons. The highest BCUT2D eigenvalue weighted by molar-refractivity contribution is 8.03. The number of nitriles is 1. The summed E-state index contributed by atoms with van der Waals surface area (Å²) in [6.07, 6.45) is -3.44. The van der Waals surface area contributed by atoms with Crippen LogP contribution in [0.5, 0.6) is 5.75 Å². The second-order valence-electron chi connectivity index (χ2n) is 10.2. The number of anilines is 1. The number of nitrogens with one attached hydrogen (secondary N) is 2. The molecule has 0 radical (unpaired) electrons. The van der Waals surface area contributed by atoms with Crippen LogP contribution in [-0.4, -0.2) is 61.3 Å². The van der Waals surface area contributed by atoms with Gasteiger partial charge in [0.1, 0.15) is 11.2 Å². The van der Waals surface area contributed by atoms with E-state index in [1.165, 1.54) is 27.9 Å². The number of thioether (sulfide) groups is 1. The third-order valence-electron chi connectivity index (χ3n) is 6.91. The van der Waals surface area contributed by atoms with Crippen molar-refractivity contribution in [3.8, 4) is 11.8 Å². The van der Waals surface area contributed by atoms with Crippen LogP contribution in [0.25, 0.3) is 0 Å². The lowest BCUT2D eigenvalue weighted by Crippen LogP contribution is -2.56. The molecule has 1 saturated heterocycles. The molecule has 0 bridgehead atoms. The number of methoxy groups -OCH3 is 1. The molecule has 0 aromatic heterocycles. The van der Waals surface area contributed by atoms with Crippen LogP contribution in [0.3, 0.4) is 0 Å². The van der Waals surface area contributed by atoms with Gasteiger partial charge in [-0.1, -0.05) is 42.1 Å². The predicted molar refractivity (Wildman–Crippen MR) is 163 cm³/mol. The molecule has 13 heteroatoms. The molecule has 1 unspecified atom stereocenters. The molecule has 2 aliphatic heterocycles. The number of allylic oxidation sites excluding steroid dienone is 2. The van der Waals surface area contributed by atoms with Gasteiger partial charge < -0.3 is 34.3 Å². The Morgan fingerprint density at radius 1 is 0.933 bits per heavy atom. The molecule has 4 rings (SSSR count). The van der Waals surface area contributed by atoms with Crippen molar-refractivity contribution in [2.24, 2.45) is 0 Å². The SMILES string of the molecule is COc1ccc(C2C(C#N)=C(S[C@@H]3OC[C@@H](OC(C)=O)[C@H](OC(C)=O)[C@H]3OC(C)=O)NC(C)=C2C(=O)Nc2ccccc2)cc1. The minimum atomic E-state index is -1.21. The fraction of sp³-hybridized carbons (Fsp3) is 0.344. The standard InChI is InChI=1S/C32H33N3O9S/c1-17-26(30(39)35-22-9-7-6-8-10-22)27(21-11-13-23(40-5)14-12-21)24(15-33)31(34-17)45-32-29(44-20(4)38)28(43-19(3)37)25(16-41-32)42-18(2)36/h6-14,25,27-29,32,34H,16H2,1-5H3,(H,35,39)/t25-,27?,28+,29-,32+/m1/s1. The maximum Gasteiger partial charge on any atom is 0.303 e. The van der Waals surface area contributed by atoms with Crippen molar-refractivity contribution in [3.05, 3.63) is 82.0 Å². The number of carbonyl (C=O) groups excluding carboxylic acids is 4. The van der Waals surface area contributed by atoms with Gasteiger partial charge in [-0.2, -0.15) is 5.26 Å². The molecule has 1 fully saturated rings. The first-order valence-corrected chi connectivity index (χ1v) is 14.8. The molecule has 2 heterocycles. The number of dihydropyridines is 1. The van der Waals surface area contributed by atoms with Gasteiger partial charge in [-0.25, -0.2) is 0 Å². The minimum Gasteiger partial charge on any atom is -0.497 e. The highest BCUT2D eigenvalue weighted by Gasteiger charge is 2.48. The summed E-state index contributed by atoms with van der Waals surface area (Å²) in [6.45, 7) is 5.10. The number of ether oxygens (including phenoxy) is 5. The summed E-state index contributed by atoms with van der Waals surface area (Å²) in [5.74, 6) is -2.62. The van der Waals surface area contributed by atoms with E-state index in [9.17, 15) is 24.4 Å². The molecule has 1 amide bonds.